The molecule has 34 heavy (non-hydrogen) atoms. The molecule has 2 heterocycles. The van der Waals surface area contributed by atoms with Gasteiger partial charge in [0.2, 0.25) is 0 Å². The zero-order valence-electron chi connectivity index (χ0n) is 19.5. The average molecular weight is 497 g/mol. The van der Waals surface area contributed by atoms with Gasteiger partial charge in [0.15, 0.2) is 12.6 Å². The van der Waals surface area contributed by atoms with Crippen LogP contribution in [-0.4, -0.2) is 135 Å². The predicted molar refractivity (Wildman–Crippen MR) is 116 cm³/mol. The molecule has 3 rings (SSSR count). The number of hydrogen-bond acceptors (Lipinski definition) is 14. The van der Waals surface area contributed by atoms with Crippen LogP contribution in [0.4, 0.5) is 0 Å². The molecule has 0 aromatic carbocycles. The molecular weight excluding hydrogens is 456 g/mol. The number of likely N-dealkylation sites (N-methyl/N-ethyl adjacent to an activating group) is 1. The quantitative estimate of drug-likeness (QED) is 0.165. The first-order valence-electron chi connectivity index (χ1n) is 11.4. The molecule has 0 bridgehead atoms. The predicted octanol–water partition coefficient (Wildman–Crippen LogP) is -5.61. The molecular formula is C20H40N4O10. The Morgan fingerprint density at radius 3 is 2.03 bits per heavy atom. The van der Waals surface area contributed by atoms with Gasteiger partial charge < -0.3 is 72.1 Å². The lowest BCUT2D eigenvalue weighted by atomic mass is 9.84. The van der Waals surface area contributed by atoms with Gasteiger partial charge >= 0.3 is 0 Å². The first-order chi connectivity index (χ1) is 15.8. The van der Waals surface area contributed by atoms with E-state index >= 15 is 0 Å². The van der Waals surface area contributed by atoms with Crippen LogP contribution in [0.2, 0.25) is 0 Å². The second-order valence-electron chi connectivity index (χ2n) is 9.82. The molecule has 14 heteroatoms. The largest absolute Gasteiger partial charge is 0.391 e. The van der Waals surface area contributed by atoms with Gasteiger partial charge in [-0.3, -0.25) is 0 Å². The lowest BCUT2D eigenvalue weighted by Crippen LogP contribution is -2.69. The van der Waals surface area contributed by atoms with Gasteiger partial charge in [-0.25, -0.2) is 0 Å². The molecule has 3 aliphatic rings. The highest BCUT2D eigenvalue weighted by molar-refractivity contribution is 5.02. The van der Waals surface area contributed by atoms with Crippen LogP contribution in [0, 0.1) is 0 Å². The molecule has 2 aliphatic heterocycles. The fourth-order valence-electron chi connectivity index (χ4n) is 4.95. The van der Waals surface area contributed by atoms with Crippen molar-refractivity contribution in [2.75, 3.05) is 13.7 Å². The normalized spacial score (nSPS) is 53.5. The van der Waals surface area contributed by atoms with Gasteiger partial charge in [-0.05, 0) is 27.3 Å². The van der Waals surface area contributed by atoms with E-state index in [1.807, 2.05) is 0 Å². The standard InChI is InChI=1S/C20H40N4O10/c1-6(25)14-11(27)10(26)9(23)18(32-14)33-15-7(21)4-8(22)16(12(15)28)34-19-13(29)17(24-3)20(2,30)5-31-19/h6-19,24-30H,4-5,21-23H2,1-3H3/t6-,7-,8+,9+,10+,11-,12-,13+,14+,15+,16-,17+,18-,19-,20+/m1/s1. The van der Waals surface area contributed by atoms with E-state index in [0.29, 0.717) is 0 Å². The fraction of sp³-hybridized carbons (Fsp3) is 1.00. The smallest absolute Gasteiger partial charge is 0.185 e. The summed E-state index contributed by atoms with van der Waals surface area (Å²) in [6.07, 6.45) is -12.4. The van der Waals surface area contributed by atoms with Crippen molar-refractivity contribution < 1.29 is 49.6 Å². The van der Waals surface area contributed by atoms with Crippen LogP contribution in [-0.2, 0) is 18.9 Å². The summed E-state index contributed by atoms with van der Waals surface area (Å²) in [5.74, 6) is 0. The summed E-state index contributed by atoms with van der Waals surface area (Å²) in [6, 6.07) is -3.47. The van der Waals surface area contributed by atoms with E-state index < -0.39 is 91.2 Å². The fourth-order valence-corrected chi connectivity index (χ4v) is 4.95. The SMILES string of the molecule is CN[C@H]1[C@H](O)[C@@H](O[C@H]2[C@H](O)[C@@H](O[C@H]3O[C@@H]([C@@H](C)O)[C@H](O)[C@@H](O)[C@@H]3N)[C@H](N)C[C@@H]2N)OC[C@]1(C)O. The number of nitrogens with two attached hydrogens (primary N) is 3. The van der Waals surface area contributed by atoms with Gasteiger partial charge in [0.05, 0.1) is 24.8 Å². The van der Waals surface area contributed by atoms with Crippen LogP contribution in [0.1, 0.15) is 20.3 Å². The minimum absolute atomic E-state index is 0.135. The molecule has 2 saturated heterocycles. The van der Waals surface area contributed by atoms with Crippen LogP contribution < -0.4 is 22.5 Å². The molecule has 3 fully saturated rings. The van der Waals surface area contributed by atoms with Crippen molar-refractivity contribution >= 4 is 0 Å². The molecule has 1 saturated carbocycles. The molecule has 1 aliphatic carbocycles. The summed E-state index contributed by atoms with van der Waals surface area (Å²) in [4.78, 5) is 0. The molecule has 13 N–H and O–H groups in total. The van der Waals surface area contributed by atoms with E-state index in [1.165, 1.54) is 13.8 Å². The average Bonchev–Trinajstić information content (AvgIpc) is 2.75. The summed E-state index contributed by atoms with van der Waals surface area (Å²) in [5.41, 5.74) is 17.0. The topological polar surface area (TPSA) is 248 Å². The molecule has 0 spiro atoms. The highest BCUT2D eigenvalue weighted by atomic mass is 16.7. The third kappa shape index (κ3) is 5.40. The minimum atomic E-state index is -1.46. The second-order valence-corrected chi connectivity index (χ2v) is 9.82. The highest BCUT2D eigenvalue weighted by Gasteiger charge is 2.52. The van der Waals surface area contributed by atoms with Crippen LogP contribution in [0.5, 0.6) is 0 Å². The zero-order valence-corrected chi connectivity index (χ0v) is 19.5. The molecule has 0 radical (unpaired) electrons. The summed E-state index contributed by atoms with van der Waals surface area (Å²) in [6.45, 7) is 2.75. The molecule has 0 amide bonds. The Labute approximate surface area is 197 Å². The third-order valence-corrected chi connectivity index (χ3v) is 6.95. The summed E-state index contributed by atoms with van der Waals surface area (Å²) >= 11 is 0. The monoisotopic (exact) mass is 496 g/mol. The van der Waals surface area contributed by atoms with Crippen LogP contribution >= 0.6 is 0 Å². The van der Waals surface area contributed by atoms with Crippen molar-refractivity contribution in [3.8, 4) is 0 Å². The minimum Gasteiger partial charge on any atom is -0.391 e. The third-order valence-electron chi connectivity index (χ3n) is 6.95. The highest BCUT2D eigenvalue weighted by Crippen LogP contribution is 2.32. The Morgan fingerprint density at radius 2 is 1.50 bits per heavy atom. The summed E-state index contributed by atoms with van der Waals surface area (Å²) in [5, 5.41) is 65.2. The van der Waals surface area contributed by atoms with Gasteiger partial charge in [-0.1, -0.05) is 0 Å². The molecule has 0 unspecified atom stereocenters. The number of rotatable bonds is 6. The lowest BCUT2D eigenvalue weighted by molar-refractivity contribution is -0.319. The van der Waals surface area contributed by atoms with Gasteiger partial charge in [-0.2, -0.15) is 0 Å². The lowest BCUT2D eigenvalue weighted by Gasteiger charge is -2.49. The van der Waals surface area contributed by atoms with Gasteiger partial charge in [0, 0.05) is 12.1 Å². The maximum absolute atomic E-state index is 11.1. The number of nitrogens with one attached hydrogen (secondary N) is 1. The molecule has 15 atom stereocenters. The summed E-state index contributed by atoms with van der Waals surface area (Å²) < 4.78 is 22.8. The van der Waals surface area contributed by atoms with Crippen molar-refractivity contribution in [1.82, 2.24) is 5.32 Å². The second kappa shape index (κ2) is 10.8. The number of hydrogen-bond donors (Lipinski definition) is 10. The van der Waals surface area contributed by atoms with Crippen molar-refractivity contribution in [3.63, 3.8) is 0 Å². The van der Waals surface area contributed by atoms with Crippen LogP contribution in [0.25, 0.3) is 0 Å². The zero-order chi connectivity index (χ0) is 25.5. The Kier molecular flexibility index (Phi) is 8.92. The van der Waals surface area contributed by atoms with E-state index in [2.05, 4.69) is 5.32 Å². The number of aliphatic hydroxyl groups excluding tert-OH is 5. The summed E-state index contributed by atoms with van der Waals surface area (Å²) in [7, 11) is 1.58. The molecule has 0 aromatic rings. The van der Waals surface area contributed by atoms with E-state index in [4.69, 9.17) is 36.1 Å². The van der Waals surface area contributed by atoms with Crippen LogP contribution in [0.3, 0.4) is 0 Å². The first-order valence-corrected chi connectivity index (χ1v) is 11.4. The molecule has 14 nitrogen and oxygen atoms in total. The maximum Gasteiger partial charge on any atom is 0.185 e. The molecule has 0 aromatic heterocycles. The Morgan fingerprint density at radius 1 is 0.941 bits per heavy atom. The molecule has 200 valence electrons. The van der Waals surface area contributed by atoms with E-state index in [1.54, 1.807) is 7.05 Å². The Balaban J connectivity index is 1.73. The van der Waals surface area contributed by atoms with Crippen molar-refractivity contribution in [3.05, 3.63) is 0 Å². The Bertz CT molecular complexity index is 675. The number of ether oxygens (including phenoxy) is 4. The maximum atomic E-state index is 11.1. The number of aliphatic hydroxyl groups is 6. The van der Waals surface area contributed by atoms with Crippen LogP contribution in [0.15, 0.2) is 0 Å². The van der Waals surface area contributed by atoms with Crippen molar-refractivity contribution in [2.24, 2.45) is 17.2 Å². The van der Waals surface area contributed by atoms with Gasteiger partial charge in [0.1, 0.15) is 48.3 Å². The van der Waals surface area contributed by atoms with Crippen molar-refractivity contribution in [1.29, 1.82) is 0 Å². The first kappa shape index (κ1) is 28.0. The van der Waals surface area contributed by atoms with E-state index in [9.17, 15) is 30.6 Å². The van der Waals surface area contributed by atoms with Gasteiger partial charge in [-0.15, -0.1) is 0 Å². The van der Waals surface area contributed by atoms with E-state index in [-0.39, 0.29) is 13.0 Å². The van der Waals surface area contributed by atoms with E-state index in [0.717, 1.165) is 0 Å². The van der Waals surface area contributed by atoms with Crippen molar-refractivity contribution in [2.45, 2.75) is 111 Å². The Hall–Kier alpha value is -0.560. The van der Waals surface area contributed by atoms with Gasteiger partial charge in [0.25, 0.3) is 0 Å².